The van der Waals surface area contributed by atoms with E-state index in [1.807, 2.05) is 26.8 Å². The van der Waals surface area contributed by atoms with Gasteiger partial charge in [0.2, 0.25) is 11.7 Å². The van der Waals surface area contributed by atoms with Crippen molar-refractivity contribution < 1.29 is 14.1 Å². The Bertz CT molecular complexity index is 744. The summed E-state index contributed by atoms with van der Waals surface area (Å²) in [5.74, 6) is 1.14. The Morgan fingerprint density at radius 3 is 2.88 bits per heavy atom. The van der Waals surface area contributed by atoms with Crippen LogP contribution in [0.15, 0.2) is 22.7 Å². The van der Waals surface area contributed by atoms with Crippen LogP contribution in [0.5, 0.6) is 0 Å². The molecule has 2 aromatic rings. The lowest BCUT2D eigenvalue weighted by Gasteiger charge is -2.31. The Labute approximate surface area is 145 Å². The number of hydrogen-bond donors (Lipinski definition) is 0. The Balaban J connectivity index is 1.74. The molecule has 128 valence electrons. The molecule has 0 radical (unpaired) electrons. The van der Waals surface area contributed by atoms with Gasteiger partial charge in [0.05, 0.1) is 13.2 Å². The van der Waals surface area contributed by atoms with Gasteiger partial charge in [-0.15, -0.1) is 0 Å². The lowest BCUT2D eigenvalue weighted by molar-refractivity contribution is -0.0276. The molecule has 1 aromatic heterocycles. The van der Waals surface area contributed by atoms with E-state index in [4.69, 9.17) is 20.9 Å². The highest BCUT2D eigenvalue weighted by Crippen LogP contribution is 2.24. The van der Waals surface area contributed by atoms with Crippen LogP contribution >= 0.6 is 11.6 Å². The second-order valence-electron chi connectivity index (χ2n) is 6.22. The lowest BCUT2D eigenvalue weighted by atomic mass is 10.1. The molecule has 1 saturated heterocycles. The number of rotatable bonds is 3. The van der Waals surface area contributed by atoms with Crippen LogP contribution in [-0.4, -0.2) is 40.6 Å². The maximum Gasteiger partial charge on any atom is 0.254 e. The molecule has 1 atom stereocenters. The summed E-state index contributed by atoms with van der Waals surface area (Å²) in [5, 5.41) is 4.57. The number of ether oxygens (including phenoxy) is 1. The smallest absolute Gasteiger partial charge is 0.254 e. The van der Waals surface area contributed by atoms with Crippen LogP contribution in [0.1, 0.15) is 53.5 Å². The van der Waals surface area contributed by atoms with Gasteiger partial charge in [0.1, 0.15) is 6.10 Å². The van der Waals surface area contributed by atoms with Gasteiger partial charge in [-0.3, -0.25) is 4.79 Å². The van der Waals surface area contributed by atoms with Gasteiger partial charge in [-0.1, -0.05) is 36.7 Å². The van der Waals surface area contributed by atoms with Crippen LogP contribution in [0.2, 0.25) is 5.02 Å². The van der Waals surface area contributed by atoms with Gasteiger partial charge in [0.15, 0.2) is 0 Å². The van der Waals surface area contributed by atoms with Crippen molar-refractivity contribution in [2.75, 3.05) is 19.7 Å². The first-order chi connectivity index (χ1) is 11.5. The highest BCUT2D eigenvalue weighted by molar-refractivity contribution is 6.31. The van der Waals surface area contributed by atoms with Gasteiger partial charge >= 0.3 is 0 Å². The van der Waals surface area contributed by atoms with E-state index in [9.17, 15) is 4.79 Å². The first-order valence-electron chi connectivity index (χ1n) is 7.96. The minimum Gasteiger partial charge on any atom is -0.366 e. The number of morpholine rings is 1. The Hall–Kier alpha value is -1.92. The summed E-state index contributed by atoms with van der Waals surface area (Å²) in [4.78, 5) is 18.8. The molecule has 1 aliphatic rings. The second-order valence-corrected chi connectivity index (χ2v) is 6.63. The SMILES string of the molecule is Cc1ccc(C(=O)N2CCOC(c3noc(C(C)C)n3)C2)cc1Cl. The third-order valence-electron chi connectivity index (χ3n) is 4.01. The van der Waals surface area contributed by atoms with E-state index in [1.54, 1.807) is 17.0 Å². The molecule has 0 aliphatic carbocycles. The summed E-state index contributed by atoms with van der Waals surface area (Å²) in [7, 11) is 0. The molecule has 3 rings (SSSR count). The molecular weight excluding hydrogens is 330 g/mol. The molecule has 0 bridgehead atoms. The van der Waals surface area contributed by atoms with Crippen LogP contribution in [0.3, 0.4) is 0 Å². The van der Waals surface area contributed by atoms with Crippen molar-refractivity contribution >= 4 is 17.5 Å². The number of carbonyl (C=O) groups is 1. The average Bonchev–Trinajstić information content (AvgIpc) is 3.07. The number of amides is 1. The van der Waals surface area contributed by atoms with Crippen molar-refractivity contribution in [3.05, 3.63) is 46.1 Å². The van der Waals surface area contributed by atoms with Crippen molar-refractivity contribution in [3.8, 4) is 0 Å². The fourth-order valence-electron chi connectivity index (χ4n) is 2.51. The van der Waals surface area contributed by atoms with E-state index in [1.165, 1.54) is 0 Å². The number of hydrogen-bond acceptors (Lipinski definition) is 5. The molecule has 2 heterocycles. The summed E-state index contributed by atoms with van der Waals surface area (Å²) in [6.07, 6.45) is -0.375. The fraction of sp³-hybridized carbons (Fsp3) is 0.471. The summed E-state index contributed by atoms with van der Waals surface area (Å²) in [6.45, 7) is 7.22. The lowest BCUT2D eigenvalue weighted by Crippen LogP contribution is -2.42. The van der Waals surface area contributed by atoms with Crippen LogP contribution in [-0.2, 0) is 4.74 Å². The zero-order valence-electron chi connectivity index (χ0n) is 14.0. The van der Waals surface area contributed by atoms with Crippen LogP contribution in [0.4, 0.5) is 0 Å². The van der Waals surface area contributed by atoms with Crippen molar-refractivity contribution in [1.82, 2.24) is 15.0 Å². The Morgan fingerprint density at radius 2 is 2.21 bits per heavy atom. The number of benzene rings is 1. The summed E-state index contributed by atoms with van der Waals surface area (Å²) in [6, 6.07) is 5.34. The number of halogens is 1. The maximum absolute atomic E-state index is 12.7. The van der Waals surface area contributed by atoms with Gasteiger partial charge in [0, 0.05) is 23.0 Å². The summed E-state index contributed by atoms with van der Waals surface area (Å²) >= 11 is 6.13. The molecule has 1 unspecified atom stereocenters. The molecule has 6 nitrogen and oxygen atoms in total. The third kappa shape index (κ3) is 3.44. The molecular formula is C17H20ClN3O3. The zero-order chi connectivity index (χ0) is 17.3. The van der Waals surface area contributed by atoms with Gasteiger partial charge < -0.3 is 14.2 Å². The van der Waals surface area contributed by atoms with E-state index in [2.05, 4.69) is 10.1 Å². The first-order valence-corrected chi connectivity index (χ1v) is 8.34. The molecule has 0 saturated carbocycles. The van der Waals surface area contributed by atoms with E-state index in [-0.39, 0.29) is 17.9 Å². The normalized spacial score (nSPS) is 18.2. The zero-order valence-corrected chi connectivity index (χ0v) is 14.7. The predicted octanol–water partition coefficient (Wildman–Crippen LogP) is 3.37. The third-order valence-corrected chi connectivity index (χ3v) is 4.42. The van der Waals surface area contributed by atoms with Gasteiger partial charge in [-0.25, -0.2) is 0 Å². The first kappa shape index (κ1) is 16.9. The molecule has 0 N–H and O–H groups in total. The van der Waals surface area contributed by atoms with Crippen molar-refractivity contribution in [1.29, 1.82) is 0 Å². The van der Waals surface area contributed by atoms with Gasteiger partial charge in [0.25, 0.3) is 5.91 Å². The highest BCUT2D eigenvalue weighted by atomic mass is 35.5. The molecule has 7 heteroatoms. The molecule has 1 fully saturated rings. The quantitative estimate of drug-likeness (QED) is 0.849. The molecule has 1 amide bonds. The topological polar surface area (TPSA) is 68.5 Å². The molecule has 0 spiro atoms. The van der Waals surface area contributed by atoms with Crippen molar-refractivity contribution in [2.45, 2.75) is 32.8 Å². The number of carbonyl (C=O) groups excluding carboxylic acids is 1. The Kier molecular flexibility index (Phi) is 4.87. The minimum absolute atomic E-state index is 0.0715. The van der Waals surface area contributed by atoms with Gasteiger partial charge in [-0.05, 0) is 24.6 Å². The largest absolute Gasteiger partial charge is 0.366 e. The fourth-order valence-corrected chi connectivity index (χ4v) is 2.69. The van der Waals surface area contributed by atoms with Crippen LogP contribution in [0, 0.1) is 6.92 Å². The molecule has 24 heavy (non-hydrogen) atoms. The van der Waals surface area contributed by atoms with E-state index >= 15 is 0 Å². The van der Waals surface area contributed by atoms with Crippen molar-refractivity contribution in [3.63, 3.8) is 0 Å². The van der Waals surface area contributed by atoms with E-state index in [0.717, 1.165) is 5.56 Å². The Morgan fingerprint density at radius 1 is 1.42 bits per heavy atom. The van der Waals surface area contributed by atoms with E-state index < -0.39 is 0 Å². The van der Waals surface area contributed by atoms with Crippen LogP contribution < -0.4 is 0 Å². The summed E-state index contributed by atoms with van der Waals surface area (Å²) < 4.78 is 10.9. The average molecular weight is 350 g/mol. The second kappa shape index (κ2) is 6.91. The summed E-state index contributed by atoms with van der Waals surface area (Å²) in [5.41, 5.74) is 1.52. The maximum atomic E-state index is 12.7. The van der Waals surface area contributed by atoms with Gasteiger partial charge in [-0.2, -0.15) is 4.98 Å². The number of aryl methyl sites for hydroxylation is 1. The number of aromatic nitrogens is 2. The molecule has 1 aromatic carbocycles. The predicted molar refractivity (Wildman–Crippen MR) is 89.2 cm³/mol. The van der Waals surface area contributed by atoms with E-state index in [0.29, 0.717) is 42.0 Å². The number of nitrogens with zero attached hydrogens (tertiary/aromatic N) is 3. The highest BCUT2D eigenvalue weighted by Gasteiger charge is 2.29. The monoisotopic (exact) mass is 349 g/mol. The van der Waals surface area contributed by atoms with Crippen molar-refractivity contribution in [2.24, 2.45) is 0 Å². The minimum atomic E-state index is -0.375. The molecule has 1 aliphatic heterocycles. The van der Waals surface area contributed by atoms with Crippen LogP contribution in [0.25, 0.3) is 0 Å². The standard InChI is InChI=1S/C17H20ClN3O3/c1-10(2)16-19-15(20-24-16)14-9-21(6-7-23-14)17(22)12-5-4-11(3)13(18)8-12/h4-5,8,10,14H,6-7,9H2,1-3H3.